The van der Waals surface area contributed by atoms with Crippen molar-refractivity contribution in [3.05, 3.63) is 53.2 Å². The highest BCUT2D eigenvalue weighted by Gasteiger charge is 2.16. The Kier molecular flexibility index (Phi) is 2.82. The highest BCUT2D eigenvalue weighted by molar-refractivity contribution is 5.61. The summed E-state index contributed by atoms with van der Waals surface area (Å²) in [6.07, 6.45) is 2.00. The van der Waals surface area contributed by atoms with Crippen molar-refractivity contribution in [1.29, 1.82) is 0 Å². The molecule has 0 radical (unpaired) electrons. The van der Waals surface area contributed by atoms with Gasteiger partial charge in [0.1, 0.15) is 7.05 Å². The molecule has 0 aliphatic carbocycles. The van der Waals surface area contributed by atoms with Crippen molar-refractivity contribution >= 4 is 0 Å². The summed E-state index contributed by atoms with van der Waals surface area (Å²) in [6.45, 7) is 6.00. The van der Waals surface area contributed by atoms with Crippen molar-refractivity contribution in [3.63, 3.8) is 0 Å². The Balaban J connectivity index is 2.60. The number of hydrogen-bond acceptors (Lipinski definition) is 0. The number of nitrogens with zero attached hydrogens (tertiary/aromatic N) is 1. The van der Waals surface area contributed by atoms with E-state index in [9.17, 15) is 0 Å². The molecule has 2 aromatic rings. The second-order valence-corrected chi connectivity index (χ2v) is 4.96. The molecule has 0 N–H and O–H groups in total. The highest BCUT2D eigenvalue weighted by Crippen LogP contribution is 2.24. The first-order chi connectivity index (χ1) is 9.36. The molecule has 1 atom stereocenters. The van der Waals surface area contributed by atoms with E-state index >= 15 is 0 Å². The highest BCUT2D eigenvalue weighted by atomic mass is 14.9. The van der Waals surface area contributed by atoms with E-state index < -0.39 is 5.89 Å². The second-order valence-electron chi connectivity index (χ2n) is 4.96. The van der Waals surface area contributed by atoms with Crippen LogP contribution in [0.4, 0.5) is 0 Å². The fraction of sp³-hybridized carbons (Fsp3) is 0.353. The molecule has 1 heterocycles. The van der Waals surface area contributed by atoms with Crippen molar-refractivity contribution in [1.82, 2.24) is 0 Å². The van der Waals surface area contributed by atoms with Gasteiger partial charge in [0, 0.05) is 19.9 Å². The van der Waals surface area contributed by atoms with Gasteiger partial charge in [0.2, 0.25) is 5.69 Å². The number of aromatic nitrogens is 1. The Labute approximate surface area is 113 Å². The molecule has 1 aromatic carbocycles. The van der Waals surface area contributed by atoms with Gasteiger partial charge >= 0.3 is 0 Å². The van der Waals surface area contributed by atoms with Gasteiger partial charge in [0.25, 0.3) is 0 Å². The maximum absolute atomic E-state index is 8.27. The summed E-state index contributed by atoms with van der Waals surface area (Å²) in [7, 11) is 2.00. The first-order valence-electron chi connectivity index (χ1n) is 7.43. The van der Waals surface area contributed by atoms with Crippen LogP contribution in [0.2, 0.25) is 0 Å². The lowest BCUT2D eigenvalue weighted by Gasteiger charge is -2.11. The van der Waals surface area contributed by atoms with Gasteiger partial charge in [0.05, 0.1) is 0 Å². The van der Waals surface area contributed by atoms with Crippen molar-refractivity contribution in [2.45, 2.75) is 33.6 Å². The van der Waals surface area contributed by atoms with Crippen LogP contribution in [0.5, 0.6) is 0 Å². The third kappa shape index (κ3) is 2.31. The molecular formula is C17H22N+. The topological polar surface area (TPSA) is 3.88 Å². The summed E-state index contributed by atoms with van der Waals surface area (Å²) in [6, 6.07) is 10.4. The summed E-state index contributed by atoms with van der Waals surface area (Å²) in [5.74, 6) is -0.855. The maximum Gasteiger partial charge on any atom is 0.212 e. The lowest BCUT2D eigenvalue weighted by atomic mass is 9.97. The Bertz CT molecular complexity index is 633. The van der Waals surface area contributed by atoms with Gasteiger partial charge in [-0.05, 0) is 36.9 Å². The van der Waals surface area contributed by atoms with Crippen LogP contribution in [0.25, 0.3) is 11.3 Å². The van der Waals surface area contributed by atoms with Crippen LogP contribution in [0.15, 0.2) is 36.5 Å². The first-order valence-corrected chi connectivity index (χ1v) is 6.23. The number of pyridine rings is 1. The number of aryl methyl sites for hydroxylation is 3. The van der Waals surface area contributed by atoms with E-state index in [-0.39, 0.29) is 6.90 Å². The van der Waals surface area contributed by atoms with Crippen molar-refractivity contribution in [2.75, 3.05) is 0 Å². The van der Waals surface area contributed by atoms with Crippen molar-refractivity contribution < 1.29 is 7.31 Å². The van der Waals surface area contributed by atoms with Gasteiger partial charge in [-0.25, -0.2) is 4.57 Å². The molecule has 94 valence electrons. The summed E-state index contributed by atoms with van der Waals surface area (Å²) >= 11 is 0. The van der Waals surface area contributed by atoms with Crippen LogP contribution in [-0.4, -0.2) is 0 Å². The quantitative estimate of drug-likeness (QED) is 0.703. The van der Waals surface area contributed by atoms with Gasteiger partial charge < -0.3 is 0 Å². The molecule has 0 fully saturated rings. The fourth-order valence-electron chi connectivity index (χ4n) is 2.32. The average Bonchev–Trinajstić information content (AvgIpc) is 2.41. The van der Waals surface area contributed by atoms with Crippen molar-refractivity contribution in [3.8, 4) is 11.3 Å². The largest absolute Gasteiger partial charge is 0.212 e. The van der Waals surface area contributed by atoms with Crippen LogP contribution in [0, 0.1) is 13.8 Å². The molecule has 2 rings (SSSR count). The molecule has 0 aliphatic rings. The SMILES string of the molecule is [2H]CC([2H])(C)c1c[n+](C)c(-c2ccccc2C)cc1C. The van der Waals surface area contributed by atoms with Crippen LogP contribution in [-0.2, 0) is 7.05 Å². The first kappa shape index (κ1) is 10.3. The van der Waals surface area contributed by atoms with E-state index in [0.717, 1.165) is 16.8 Å². The van der Waals surface area contributed by atoms with Crippen molar-refractivity contribution in [2.24, 2.45) is 7.05 Å². The Hall–Kier alpha value is -1.63. The van der Waals surface area contributed by atoms with E-state index in [2.05, 4.69) is 29.7 Å². The molecule has 0 saturated heterocycles. The average molecular weight is 242 g/mol. The van der Waals surface area contributed by atoms with Crippen LogP contribution in [0.1, 0.15) is 39.1 Å². The van der Waals surface area contributed by atoms with Crippen LogP contribution < -0.4 is 4.57 Å². The maximum atomic E-state index is 8.27. The van der Waals surface area contributed by atoms with E-state index in [1.807, 2.05) is 32.3 Å². The zero-order chi connectivity index (χ0) is 14.9. The third-order valence-electron chi connectivity index (χ3n) is 3.36. The normalized spacial score (nSPS) is 15.8. The van der Waals surface area contributed by atoms with Crippen LogP contribution >= 0.6 is 0 Å². The Morgan fingerprint density at radius 2 is 1.94 bits per heavy atom. The molecule has 0 aliphatic heterocycles. The number of hydrogen-bond donors (Lipinski definition) is 0. The predicted octanol–water partition coefficient (Wildman–Crippen LogP) is 3.92. The van der Waals surface area contributed by atoms with Crippen LogP contribution in [0.3, 0.4) is 0 Å². The molecule has 1 nitrogen and oxygen atoms in total. The molecular weight excluding hydrogens is 218 g/mol. The molecule has 1 heteroatoms. The smallest absolute Gasteiger partial charge is 0.201 e. The van der Waals surface area contributed by atoms with E-state index in [1.165, 1.54) is 11.1 Å². The number of benzene rings is 1. The summed E-state index contributed by atoms with van der Waals surface area (Å²) < 4.78 is 17.9. The van der Waals surface area contributed by atoms with Gasteiger partial charge in [-0.3, -0.25) is 0 Å². The molecule has 0 spiro atoms. The Morgan fingerprint density at radius 3 is 2.61 bits per heavy atom. The molecule has 0 bridgehead atoms. The van der Waals surface area contributed by atoms with E-state index in [4.69, 9.17) is 2.74 Å². The van der Waals surface area contributed by atoms with Gasteiger partial charge in [0.15, 0.2) is 6.20 Å². The Morgan fingerprint density at radius 1 is 1.22 bits per heavy atom. The molecule has 1 unspecified atom stereocenters. The molecule has 18 heavy (non-hydrogen) atoms. The van der Waals surface area contributed by atoms with Gasteiger partial charge in [-0.2, -0.15) is 0 Å². The zero-order valence-corrected chi connectivity index (χ0v) is 11.6. The monoisotopic (exact) mass is 242 g/mol. The minimum absolute atomic E-state index is 0.0670. The van der Waals surface area contributed by atoms with Gasteiger partial charge in [-0.1, -0.05) is 32.0 Å². The minimum Gasteiger partial charge on any atom is -0.201 e. The standard InChI is InChI=1S/C17H22N/c1-12(2)16-11-18(5)17(10-14(16)4)15-9-7-6-8-13(15)3/h6-12H,1-5H3/q+1/i1D,12D. The molecule has 0 amide bonds. The minimum atomic E-state index is -0.855. The fourth-order valence-corrected chi connectivity index (χ4v) is 2.32. The second kappa shape index (κ2) is 4.93. The van der Waals surface area contributed by atoms with E-state index in [0.29, 0.717) is 0 Å². The summed E-state index contributed by atoms with van der Waals surface area (Å²) in [5.41, 5.74) is 5.59. The summed E-state index contributed by atoms with van der Waals surface area (Å²) in [5, 5.41) is 0. The predicted molar refractivity (Wildman–Crippen MR) is 76.6 cm³/mol. The van der Waals surface area contributed by atoms with E-state index in [1.54, 1.807) is 6.92 Å². The summed E-state index contributed by atoms with van der Waals surface area (Å²) in [4.78, 5) is 0. The lowest BCUT2D eigenvalue weighted by Crippen LogP contribution is -2.32. The third-order valence-corrected chi connectivity index (χ3v) is 3.36. The zero-order valence-electron chi connectivity index (χ0n) is 13.6. The molecule has 1 aromatic heterocycles. The lowest BCUT2D eigenvalue weighted by molar-refractivity contribution is -0.660. The van der Waals surface area contributed by atoms with Gasteiger partial charge in [-0.15, -0.1) is 0 Å². The number of rotatable bonds is 2. The molecule has 0 saturated carbocycles.